The first-order valence-corrected chi connectivity index (χ1v) is 9.38. The first kappa shape index (κ1) is 18.3. The number of carbonyl (C=O) groups is 1. The van der Waals surface area contributed by atoms with Crippen molar-refractivity contribution in [2.24, 2.45) is 0 Å². The van der Waals surface area contributed by atoms with Gasteiger partial charge in [0.15, 0.2) is 6.61 Å². The van der Waals surface area contributed by atoms with Gasteiger partial charge in [0, 0.05) is 10.9 Å². The Kier molecular flexibility index (Phi) is 4.93. The standard InChI is InChI=1S/C18H12ClFN4O3S/c1-10-15(16(19)24(22-10)13-4-2-12(20)3-5-13)18(25)26-8-14-21-17(23-27-14)11-6-7-28-9-11/h2-7,9H,8H2,1H3. The van der Waals surface area contributed by atoms with E-state index >= 15 is 0 Å². The lowest BCUT2D eigenvalue weighted by molar-refractivity contribution is 0.0429. The van der Waals surface area contributed by atoms with E-state index in [1.54, 1.807) is 6.92 Å². The van der Waals surface area contributed by atoms with Gasteiger partial charge in [0.05, 0.1) is 11.4 Å². The third-order valence-corrected chi connectivity index (χ3v) is 4.89. The second kappa shape index (κ2) is 7.53. The SMILES string of the molecule is Cc1nn(-c2ccc(F)cc2)c(Cl)c1C(=O)OCc1nc(-c2ccsc2)no1. The molecule has 4 rings (SSSR count). The fraction of sp³-hybridized carbons (Fsp3) is 0.111. The Morgan fingerprint density at radius 2 is 2.11 bits per heavy atom. The molecule has 0 saturated heterocycles. The van der Waals surface area contributed by atoms with Crippen LogP contribution in [0, 0.1) is 12.7 Å². The molecule has 0 N–H and O–H groups in total. The number of esters is 1. The van der Waals surface area contributed by atoms with Crippen molar-refractivity contribution in [3.05, 3.63) is 69.2 Å². The largest absolute Gasteiger partial charge is 0.452 e. The summed E-state index contributed by atoms with van der Waals surface area (Å²) in [7, 11) is 0. The Morgan fingerprint density at radius 1 is 1.32 bits per heavy atom. The third kappa shape index (κ3) is 3.54. The van der Waals surface area contributed by atoms with E-state index in [1.807, 2.05) is 16.8 Å². The van der Waals surface area contributed by atoms with Crippen molar-refractivity contribution in [1.29, 1.82) is 0 Å². The molecule has 0 fully saturated rings. The maximum atomic E-state index is 13.1. The fourth-order valence-electron chi connectivity index (χ4n) is 2.51. The third-order valence-electron chi connectivity index (χ3n) is 3.85. The zero-order valence-corrected chi connectivity index (χ0v) is 16.0. The van der Waals surface area contributed by atoms with Gasteiger partial charge in [0.2, 0.25) is 5.82 Å². The van der Waals surface area contributed by atoms with Crippen molar-refractivity contribution in [3.8, 4) is 17.1 Å². The predicted octanol–water partition coefficient (Wildman–Crippen LogP) is 4.44. The number of aromatic nitrogens is 4. The molecule has 3 heterocycles. The maximum absolute atomic E-state index is 13.1. The highest BCUT2D eigenvalue weighted by molar-refractivity contribution is 7.08. The lowest BCUT2D eigenvalue weighted by Crippen LogP contribution is -2.07. The molecule has 0 aliphatic carbocycles. The monoisotopic (exact) mass is 418 g/mol. The highest BCUT2D eigenvalue weighted by Crippen LogP contribution is 2.25. The van der Waals surface area contributed by atoms with Gasteiger partial charge in [-0.2, -0.15) is 21.4 Å². The zero-order chi connectivity index (χ0) is 19.7. The Labute approximate surface area is 167 Å². The lowest BCUT2D eigenvalue weighted by atomic mass is 10.2. The summed E-state index contributed by atoms with van der Waals surface area (Å²) in [6.07, 6.45) is 0. The summed E-state index contributed by atoms with van der Waals surface area (Å²) in [5.41, 5.74) is 1.84. The minimum atomic E-state index is -0.675. The second-order valence-corrected chi connectivity index (χ2v) is 6.88. The van der Waals surface area contributed by atoms with Crippen LogP contribution in [0.5, 0.6) is 0 Å². The summed E-state index contributed by atoms with van der Waals surface area (Å²) in [6, 6.07) is 7.43. The molecule has 0 atom stereocenters. The fourth-order valence-corrected chi connectivity index (χ4v) is 3.49. The minimum Gasteiger partial charge on any atom is -0.452 e. The van der Waals surface area contributed by atoms with Gasteiger partial charge in [0.25, 0.3) is 5.89 Å². The molecule has 4 aromatic rings. The Morgan fingerprint density at radius 3 is 2.82 bits per heavy atom. The van der Waals surface area contributed by atoms with Crippen LogP contribution in [0.3, 0.4) is 0 Å². The predicted molar refractivity (Wildman–Crippen MR) is 100.0 cm³/mol. The zero-order valence-electron chi connectivity index (χ0n) is 14.4. The Balaban J connectivity index is 1.50. The summed E-state index contributed by atoms with van der Waals surface area (Å²) in [4.78, 5) is 16.7. The smallest absolute Gasteiger partial charge is 0.343 e. The van der Waals surface area contributed by atoms with Crippen LogP contribution in [0.25, 0.3) is 17.1 Å². The first-order chi connectivity index (χ1) is 13.5. The summed E-state index contributed by atoms with van der Waals surface area (Å²) in [5.74, 6) is -0.476. The van der Waals surface area contributed by atoms with Crippen molar-refractivity contribution < 1.29 is 18.4 Å². The highest BCUT2D eigenvalue weighted by atomic mass is 35.5. The highest BCUT2D eigenvalue weighted by Gasteiger charge is 2.23. The van der Waals surface area contributed by atoms with Crippen LogP contribution in [0.4, 0.5) is 4.39 Å². The van der Waals surface area contributed by atoms with Gasteiger partial charge in [-0.15, -0.1) is 0 Å². The van der Waals surface area contributed by atoms with Gasteiger partial charge in [-0.1, -0.05) is 16.8 Å². The lowest BCUT2D eigenvalue weighted by Gasteiger charge is -2.04. The van der Waals surface area contributed by atoms with Crippen LogP contribution in [-0.2, 0) is 11.3 Å². The average molecular weight is 419 g/mol. The van der Waals surface area contributed by atoms with E-state index in [0.717, 1.165) is 5.56 Å². The number of benzene rings is 1. The van der Waals surface area contributed by atoms with E-state index in [4.69, 9.17) is 20.9 Å². The molecule has 1 aromatic carbocycles. The van der Waals surface area contributed by atoms with Crippen LogP contribution in [0.2, 0.25) is 5.15 Å². The normalized spacial score (nSPS) is 11.0. The van der Waals surface area contributed by atoms with Crippen LogP contribution in [0.15, 0.2) is 45.6 Å². The number of hydrogen-bond acceptors (Lipinski definition) is 7. The first-order valence-electron chi connectivity index (χ1n) is 8.06. The van der Waals surface area contributed by atoms with E-state index in [9.17, 15) is 9.18 Å². The van der Waals surface area contributed by atoms with E-state index in [2.05, 4.69) is 15.2 Å². The molecule has 0 amide bonds. The van der Waals surface area contributed by atoms with Crippen molar-refractivity contribution in [1.82, 2.24) is 19.9 Å². The molecule has 10 heteroatoms. The van der Waals surface area contributed by atoms with Crippen molar-refractivity contribution in [2.75, 3.05) is 0 Å². The van der Waals surface area contributed by atoms with E-state index in [-0.39, 0.29) is 29.0 Å². The minimum absolute atomic E-state index is 0.0681. The molecule has 3 aromatic heterocycles. The number of hydrogen-bond donors (Lipinski definition) is 0. The van der Waals surface area contributed by atoms with Gasteiger partial charge >= 0.3 is 5.97 Å². The summed E-state index contributed by atoms with van der Waals surface area (Å²) in [6.45, 7) is 1.43. The molecule has 0 radical (unpaired) electrons. The Bertz CT molecular complexity index is 1120. The van der Waals surface area contributed by atoms with Gasteiger partial charge in [-0.05, 0) is 42.6 Å². The van der Waals surface area contributed by atoms with Crippen LogP contribution < -0.4 is 0 Å². The molecule has 0 unspecified atom stereocenters. The molecular formula is C18H12ClFN4O3S. The van der Waals surface area contributed by atoms with Crippen molar-refractivity contribution in [3.63, 3.8) is 0 Å². The number of aryl methyl sites for hydroxylation is 1. The number of ether oxygens (including phenoxy) is 1. The van der Waals surface area contributed by atoms with Gasteiger partial charge in [-0.25, -0.2) is 13.9 Å². The molecule has 142 valence electrons. The van der Waals surface area contributed by atoms with Crippen LogP contribution in [-0.4, -0.2) is 25.9 Å². The summed E-state index contributed by atoms with van der Waals surface area (Å²) >= 11 is 7.82. The van der Waals surface area contributed by atoms with E-state index in [1.165, 1.54) is 40.3 Å². The second-order valence-electron chi connectivity index (χ2n) is 5.74. The summed E-state index contributed by atoms with van der Waals surface area (Å²) < 4.78 is 24.8. The van der Waals surface area contributed by atoms with Gasteiger partial charge in [-0.3, -0.25) is 0 Å². The van der Waals surface area contributed by atoms with E-state index in [0.29, 0.717) is 17.2 Å². The maximum Gasteiger partial charge on any atom is 0.343 e. The van der Waals surface area contributed by atoms with Gasteiger partial charge < -0.3 is 9.26 Å². The summed E-state index contributed by atoms with van der Waals surface area (Å²) in [5, 5.41) is 11.9. The molecule has 0 aliphatic heterocycles. The van der Waals surface area contributed by atoms with Crippen LogP contribution >= 0.6 is 22.9 Å². The molecule has 28 heavy (non-hydrogen) atoms. The number of nitrogens with zero attached hydrogens (tertiary/aromatic N) is 4. The van der Waals surface area contributed by atoms with Crippen molar-refractivity contribution >= 4 is 28.9 Å². The molecule has 0 spiro atoms. The van der Waals surface area contributed by atoms with Gasteiger partial charge in [0.1, 0.15) is 16.5 Å². The molecule has 0 aliphatic rings. The van der Waals surface area contributed by atoms with Crippen LogP contribution in [0.1, 0.15) is 21.9 Å². The average Bonchev–Trinajstić information content (AvgIpc) is 3.41. The van der Waals surface area contributed by atoms with Crippen molar-refractivity contribution in [2.45, 2.75) is 13.5 Å². The Hall–Kier alpha value is -3.04. The van der Waals surface area contributed by atoms with E-state index < -0.39 is 5.97 Å². The molecular weight excluding hydrogens is 407 g/mol. The quantitative estimate of drug-likeness (QED) is 0.445. The number of rotatable bonds is 5. The number of halogens is 2. The topological polar surface area (TPSA) is 83.0 Å². The number of carbonyl (C=O) groups excluding carboxylic acids is 1. The molecule has 0 bridgehead atoms. The molecule has 7 nitrogen and oxygen atoms in total. The number of thiophene rings is 1. The molecule has 0 saturated carbocycles.